The van der Waals surface area contributed by atoms with E-state index in [1.165, 1.54) is 44.2 Å². The van der Waals surface area contributed by atoms with Gasteiger partial charge in [0, 0.05) is 6.04 Å². The van der Waals surface area contributed by atoms with Crippen LogP contribution >= 0.6 is 0 Å². The minimum atomic E-state index is -4.30. The molecular formula is C20H22F3N. The first-order chi connectivity index (χ1) is 11.4. The van der Waals surface area contributed by atoms with Crippen molar-refractivity contribution in [2.24, 2.45) is 11.7 Å². The normalized spacial score (nSPS) is 17.7. The molecule has 0 bridgehead atoms. The second kappa shape index (κ2) is 6.98. The van der Waals surface area contributed by atoms with Gasteiger partial charge in [-0.3, -0.25) is 0 Å². The number of hydrogen-bond donors (Lipinski definition) is 1. The summed E-state index contributed by atoms with van der Waals surface area (Å²) in [4.78, 5) is 0. The lowest BCUT2D eigenvalue weighted by Crippen LogP contribution is -2.23. The Balaban J connectivity index is 1.74. The number of nitrogens with two attached hydrogens (primary N) is 1. The van der Waals surface area contributed by atoms with Gasteiger partial charge in [0.15, 0.2) is 0 Å². The molecule has 0 amide bonds. The molecule has 0 saturated heterocycles. The molecule has 128 valence electrons. The molecule has 1 aliphatic rings. The first kappa shape index (κ1) is 17.0. The number of rotatable bonds is 3. The van der Waals surface area contributed by atoms with Gasteiger partial charge < -0.3 is 5.73 Å². The van der Waals surface area contributed by atoms with Crippen molar-refractivity contribution in [1.29, 1.82) is 0 Å². The van der Waals surface area contributed by atoms with Crippen molar-refractivity contribution in [3.8, 4) is 11.1 Å². The zero-order chi connectivity index (χ0) is 17.2. The lowest BCUT2D eigenvalue weighted by molar-refractivity contribution is -0.137. The monoisotopic (exact) mass is 333 g/mol. The molecule has 1 aliphatic carbocycles. The Hall–Kier alpha value is -1.81. The molecule has 1 atom stereocenters. The maximum absolute atomic E-state index is 12.6. The van der Waals surface area contributed by atoms with Gasteiger partial charge in [-0.25, -0.2) is 0 Å². The van der Waals surface area contributed by atoms with Gasteiger partial charge in [-0.15, -0.1) is 0 Å². The summed E-state index contributed by atoms with van der Waals surface area (Å²) in [6.07, 6.45) is 1.87. The van der Waals surface area contributed by atoms with E-state index in [2.05, 4.69) is 0 Å². The van der Waals surface area contributed by atoms with Crippen LogP contribution in [0.2, 0.25) is 0 Å². The highest BCUT2D eigenvalue weighted by atomic mass is 19.4. The van der Waals surface area contributed by atoms with Gasteiger partial charge in [-0.05, 0) is 47.6 Å². The fourth-order valence-corrected chi connectivity index (χ4v) is 3.51. The van der Waals surface area contributed by atoms with Crippen molar-refractivity contribution in [3.63, 3.8) is 0 Å². The lowest BCUT2D eigenvalue weighted by Gasteiger charge is -2.27. The molecular weight excluding hydrogens is 311 g/mol. The Morgan fingerprint density at radius 3 is 1.79 bits per heavy atom. The van der Waals surface area contributed by atoms with Gasteiger partial charge in [-0.1, -0.05) is 55.7 Å². The van der Waals surface area contributed by atoms with E-state index in [-0.39, 0.29) is 6.04 Å². The molecule has 0 aliphatic heterocycles. The molecule has 2 aromatic rings. The summed E-state index contributed by atoms with van der Waals surface area (Å²) in [5.41, 5.74) is 8.57. The summed E-state index contributed by atoms with van der Waals surface area (Å²) in [6.45, 7) is 0. The van der Waals surface area contributed by atoms with Crippen LogP contribution in [0.15, 0.2) is 48.5 Å². The summed E-state index contributed by atoms with van der Waals surface area (Å²) in [5, 5.41) is 0. The maximum Gasteiger partial charge on any atom is 0.416 e. The van der Waals surface area contributed by atoms with Crippen molar-refractivity contribution < 1.29 is 13.2 Å². The molecule has 1 saturated carbocycles. The molecule has 0 radical (unpaired) electrons. The van der Waals surface area contributed by atoms with Crippen LogP contribution < -0.4 is 5.73 Å². The highest BCUT2D eigenvalue weighted by molar-refractivity contribution is 5.64. The summed E-state index contributed by atoms with van der Waals surface area (Å²) < 4.78 is 37.9. The van der Waals surface area contributed by atoms with Gasteiger partial charge in [0.25, 0.3) is 0 Å². The first-order valence-electron chi connectivity index (χ1n) is 8.48. The van der Waals surface area contributed by atoms with Crippen LogP contribution in [-0.2, 0) is 6.18 Å². The largest absolute Gasteiger partial charge is 0.416 e. The predicted molar refractivity (Wildman–Crippen MR) is 90.4 cm³/mol. The third-order valence-electron chi connectivity index (χ3n) is 5.00. The smallest absolute Gasteiger partial charge is 0.324 e. The van der Waals surface area contributed by atoms with Crippen LogP contribution in [0.4, 0.5) is 13.2 Å². The summed E-state index contributed by atoms with van der Waals surface area (Å²) in [5.74, 6) is 0.538. The molecule has 0 aromatic heterocycles. The Kier molecular flexibility index (Phi) is 4.95. The third-order valence-corrected chi connectivity index (χ3v) is 5.00. The molecule has 4 heteroatoms. The quantitative estimate of drug-likeness (QED) is 0.737. The summed E-state index contributed by atoms with van der Waals surface area (Å²) in [6, 6.07) is 13.2. The molecule has 2 N–H and O–H groups in total. The van der Waals surface area contributed by atoms with Gasteiger partial charge in [-0.2, -0.15) is 13.2 Å². The molecule has 0 spiro atoms. The second-order valence-corrected chi connectivity index (χ2v) is 6.62. The fraction of sp³-hybridized carbons (Fsp3) is 0.400. The SMILES string of the molecule is N[C@@H](c1ccc(-c2ccc(C(F)(F)F)cc2)cc1)C1CCCCC1. The Bertz CT molecular complexity index is 653. The van der Waals surface area contributed by atoms with Crippen LogP contribution in [0.1, 0.15) is 49.3 Å². The highest BCUT2D eigenvalue weighted by Crippen LogP contribution is 2.34. The fourth-order valence-electron chi connectivity index (χ4n) is 3.51. The molecule has 3 rings (SSSR count). The van der Waals surface area contributed by atoms with Gasteiger partial charge in [0.1, 0.15) is 0 Å². The number of alkyl halides is 3. The minimum absolute atomic E-state index is 0.0481. The number of benzene rings is 2. The van der Waals surface area contributed by atoms with Crippen molar-refractivity contribution in [2.75, 3.05) is 0 Å². The van der Waals surface area contributed by atoms with E-state index in [4.69, 9.17) is 5.73 Å². The Labute approximate surface area is 140 Å². The van der Waals surface area contributed by atoms with E-state index in [0.29, 0.717) is 5.92 Å². The molecule has 1 nitrogen and oxygen atoms in total. The van der Waals surface area contributed by atoms with E-state index in [1.807, 2.05) is 24.3 Å². The maximum atomic E-state index is 12.6. The average molecular weight is 333 g/mol. The van der Waals surface area contributed by atoms with E-state index >= 15 is 0 Å². The van der Waals surface area contributed by atoms with E-state index in [0.717, 1.165) is 28.8 Å². The minimum Gasteiger partial charge on any atom is -0.324 e. The van der Waals surface area contributed by atoms with Gasteiger partial charge in [0.05, 0.1) is 5.56 Å². The molecule has 0 heterocycles. The van der Waals surface area contributed by atoms with E-state index < -0.39 is 11.7 Å². The van der Waals surface area contributed by atoms with Crippen LogP contribution in [0.3, 0.4) is 0 Å². The van der Waals surface area contributed by atoms with Crippen molar-refractivity contribution in [2.45, 2.75) is 44.3 Å². The zero-order valence-corrected chi connectivity index (χ0v) is 13.5. The standard InChI is InChI=1S/C20H22F3N/c21-20(22,23)18-12-10-15(11-13-18)14-6-8-17(9-7-14)19(24)16-4-2-1-3-5-16/h6-13,16,19H,1-5,24H2/t19-/m1/s1. The third kappa shape index (κ3) is 3.81. The summed E-state index contributed by atoms with van der Waals surface area (Å²) in [7, 11) is 0. The van der Waals surface area contributed by atoms with Gasteiger partial charge >= 0.3 is 6.18 Å². The van der Waals surface area contributed by atoms with E-state index in [9.17, 15) is 13.2 Å². The van der Waals surface area contributed by atoms with Crippen LogP contribution in [0, 0.1) is 5.92 Å². The van der Waals surface area contributed by atoms with Crippen molar-refractivity contribution in [1.82, 2.24) is 0 Å². The topological polar surface area (TPSA) is 26.0 Å². The first-order valence-corrected chi connectivity index (χ1v) is 8.48. The number of hydrogen-bond acceptors (Lipinski definition) is 1. The Morgan fingerprint density at radius 1 is 0.792 bits per heavy atom. The van der Waals surface area contributed by atoms with Crippen LogP contribution in [0.25, 0.3) is 11.1 Å². The summed E-state index contributed by atoms with van der Waals surface area (Å²) >= 11 is 0. The van der Waals surface area contributed by atoms with E-state index in [1.54, 1.807) is 0 Å². The van der Waals surface area contributed by atoms with Crippen molar-refractivity contribution in [3.05, 3.63) is 59.7 Å². The van der Waals surface area contributed by atoms with Crippen LogP contribution in [0.5, 0.6) is 0 Å². The molecule has 2 aromatic carbocycles. The molecule has 0 unspecified atom stereocenters. The second-order valence-electron chi connectivity index (χ2n) is 6.62. The van der Waals surface area contributed by atoms with Crippen molar-refractivity contribution >= 4 is 0 Å². The zero-order valence-electron chi connectivity index (χ0n) is 13.5. The Morgan fingerprint density at radius 2 is 1.29 bits per heavy atom. The number of halogens is 3. The molecule has 1 fully saturated rings. The predicted octanol–water partition coefficient (Wildman–Crippen LogP) is 5.95. The van der Waals surface area contributed by atoms with Crippen LogP contribution in [-0.4, -0.2) is 0 Å². The van der Waals surface area contributed by atoms with Gasteiger partial charge in [0.2, 0.25) is 0 Å². The lowest BCUT2D eigenvalue weighted by atomic mass is 9.81. The average Bonchev–Trinajstić information content (AvgIpc) is 2.61. The highest BCUT2D eigenvalue weighted by Gasteiger charge is 2.30. The molecule has 24 heavy (non-hydrogen) atoms.